The van der Waals surface area contributed by atoms with Crippen molar-refractivity contribution in [3.63, 3.8) is 0 Å². The summed E-state index contributed by atoms with van der Waals surface area (Å²) in [6.45, 7) is 2.56. The van der Waals surface area contributed by atoms with Gasteiger partial charge in [-0.15, -0.1) is 0 Å². The molecule has 6 heteroatoms. The number of hydrogen-bond acceptors (Lipinski definition) is 6. The third kappa shape index (κ3) is 2.91. The summed E-state index contributed by atoms with van der Waals surface area (Å²) in [7, 11) is 3.28. The number of ether oxygens (including phenoxy) is 3. The maximum absolute atomic E-state index is 9.42. The van der Waals surface area contributed by atoms with Crippen molar-refractivity contribution in [3.05, 3.63) is 18.0 Å². The van der Waals surface area contributed by atoms with E-state index in [9.17, 15) is 5.11 Å². The van der Waals surface area contributed by atoms with Gasteiger partial charge in [-0.2, -0.15) is 0 Å². The topological polar surface area (TPSA) is 64.1 Å². The number of pyridine rings is 1. The first-order chi connectivity index (χ1) is 10.8. The van der Waals surface area contributed by atoms with Crippen LogP contribution in [-0.2, 0) is 11.3 Å². The van der Waals surface area contributed by atoms with Gasteiger partial charge >= 0.3 is 0 Å². The van der Waals surface area contributed by atoms with Crippen LogP contribution < -0.4 is 9.47 Å². The summed E-state index contributed by atoms with van der Waals surface area (Å²) < 4.78 is 16.7. The van der Waals surface area contributed by atoms with E-state index in [4.69, 9.17) is 14.2 Å². The van der Waals surface area contributed by atoms with Crippen molar-refractivity contribution < 1.29 is 19.3 Å². The summed E-state index contributed by atoms with van der Waals surface area (Å²) in [5.41, 5.74) is 0.884. The molecular formula is C16H24N2O4. The van der Waals surface area contributed by atoms with Crippen LogP contribution in [0.15, 0.2) is 12.3 Å². The Morgan fingerprint density at radius 3 is 2.95 bits per heavy atom. The average molecular weight is 308 g/mol. The molecule has 1 unspecified atom stereocenters. The van der Waals surface area contributed by atoms with E-state index in [-0.39, 0.29) is 12.7 Å². The van der Waals surface area contributed by atoms with E-state index in [1.54, 1.807) is 20.4 Å². The maximum atomic E-state index is 9.42. The van der Waals surface area contributed by atoms with E-state index in [1.807, 2.05) is 6.07 Å². The third-order valence-corrected chi connectivity index (χ3v) is 4.73. The van der Waals surface area contributed by atoms with Gasteiger partial charge in [-0.05, 0) is 18.8 Å². The summed E-state index contributed by atoms with van der Waals surface area (Å²) in [4.78, 5) is 6.87. The zero-order chi connectivity index (χ0) is 15.5. The van der Waals surface area contributed by atoms with Crippen LogP contribution in [0.4, 0.5) is 0 Å². The number of aliphatic hydroxyl groups excluding tert-OH is 1. The lowest BCUT2D eigenvalue weighted by Gasteiger charge is -2.37. The molecule has 0 bridgehead atoms. The minimum atomic E-state index is 0.225. The Balaban J connectivity index is 1.78. The Morgan fingerprint density at radius 2 is 2.23 bits per heavy atom. The second-order valence-electron chi connectivity index (χ2n) is 5.96. The monoisotopic (exact) mass is 308 g/mol. The number of methoxy groups -OCH3 is 2. The van der Waals surface area contributed by atoms with Crippen LogP contribution in [0.2, 0.25) is 0 Å². The first kappa shape index (κ1) is 15.5. The number of nitrogens with zero attached hydrogens (tertiary/aromatic N) is 2. The molecule has 0 spiro atoms. The Hall–Kier alpha value is -1.37. The highest BCUT2D eigenvalue weighted by Crippen LogP contribution is 2.36. The molecule has 6 nitrogen and oxygen atoms in total. The van der Waals surface area contributed by atoms with E-state index in [0.717, 1.165) is 31.7 Å². The number of rotatable bonds is 5. The van der Waals surface area contributed by atoms with Crippen LogP contribution in [0.25, 0.3) is 0 Å². The van der Waals surface area contributed by atoms with Gasteiger partial charge in [0.15, 0.2) is 11.5 Å². The first-order valence-corrected chi connectivity index (χ1v) is 7.79. The third-order valence-electron chi connectivity index (χ3n) is 4.73. The minimum Gasteiger partial charge on any atom is -0.493 e. The molecule has 2 heterocycles. The summed E-state index contributed by atoms with van der Waals surface area (Å²) in [5.74, 6) is 1.75. The lowest BCUT2D eigenvalue weighted by molar-refractivity contribution is -0.0596. The van der Waals surface area contributed by atoms with Crippen LogP contribution >= 0.6 is 0 Å². The molecule has 1 aromatic rings. The molecule has 0 amide bonds. The van der Waals surface area contributed by atoms with E-state index >= 15 is 0 Å². The highest BCUT2D eigenvalue weighted by molar-refractivity contribution is 5.42. The molecule has 1 aliphatic carbocycles. The fourth-order valence-corrected chi connectivity index (χ4v) is 3.63. The fraction of sp³-hybridized carbons (Fsp3) is 0.688. The molecule has 0 radical (unpaired) electrons. The molecule has 22 heavy (non-hydrogen) atoms. The molecule has 1 aromatic heterocycles. The number of hydrogen-bond donors (Lipinski definition) is 1. The van der Waals surface area contributed by atoms with Crippen molar-refractivity contribution in [3.8, 4) is 11.5 Å². The molecule has 0 aromatic carbocycles. The molecule has 1 aliphatic heterocycles. The maximum Gasteiger partial charge on any atom is 0.183 e. The number of fused-ring (bicyclic) bond motifs is 1. The van der Waals surface area contributed by atoms with Gasteiger partial charge in [0.2, 0.25) is 0 Å². The predicted octanol–water partition coefficient (Wildman–Crippen LogP) is 1.07. The van der Waals surface area contributed by atoms with Crippen molar-refractivity contribution in [1.29, 1.82) is 0 Å². The average Bonchev–Trinajstić information content (AvgIpc) is 2.99. The molecule has 122 valence electrons. The first-order valence-electron chi connectivity index (χ1n) is 7.79. The minimum absolute atomic E-state index is 0.225. The molecule has 1 saturated heterocycles. The Bertz CT molecular complexity index is 511. The van der Waals surface area contributed by atoms with Gasteiger partial charge in [-0.3, -0.25) is 9.88 Å². The lowest BCUT2D eigenvalue weighted by atomic mass is 10.1. The van der Waals surface area contributed by atoms with Crippen molar-refractivity contribution in [2.75, 3.05) is 34.0 Å². The summed E-state index contributed by atoms with van der Waals surface area (Å²) in [6, 6.07) is 2.16. The molecule has 2 fully saturated rings. The van der Waals surface area contributed by atoms with Gasteiger partial charge in [0.05, 0.1) is 26.9 Å². The lowest BCUT2D eigenvalue weighted by Crippen LogP contribution is -2.48. The van der Waals surface area contributed by atoms with Crippen LogP contribution in [0, 0.1) is 5.92 Å². The summed E-state index contributed by atoms with van der Waals surface area (Å²) in [6.07, 6.45) is 3.90. The number of aromatic nitrogens is 1. The Labute approximate surface area is 131 Å². The Morgan fingerprint density at radius 1 is 1.36 bits per heavy atom. The van der Waals surface area contributed by atoms with Crippen LogP contribution in [0.3, 0.4) is 0 Å². The quantitative estimate of drug-likeness (QED) is 0.878. The smallest absolute Gasteiger partial charge is 0.183 e. The van der Waals surface area contributed by atoms with Crippen molar-refractivity contribution >= 4 is 0 Å². The SMILES string of the molecule is COc1ccnc(CN2CCOC3C[C@H](CO)C[C@@H]32)c1OC. The van der Waals surface area contributed by atoms with Crippen molar-refractivity contribution in [2.24, 2.45) is 5.92 Å². The van der Waals surface area contributed by atoms with Crippen LogP contribution in [0.5, 0.6) is 11.5 Å². The van der Waals surface area contributed by atoms with E-state index in [0.29, 0.717) is 30.0 Å². The molecule has 1 N–H and O–H groups in total. The standard InChI is InChI=1S/C16H24N2O4/c1-20-14-3-4-17-12(16(14)21-2)9-18-5-6-22-15-8-11(10-19)7-13(15)18/h3-4,11,13,15,19H,5-10H2,1-2H3/t11-,13+,15?/m1/s1. The second kappa shape index (κ2) is 6.81. The van der Waals surface area contributed by atoms with Crippen molar-refractivity contribution in [1.82, 2.24) is 9.88 Å². The number of morpholine rings is 1. The van der Waals surface area contributed by atoms with Gasteiger partial charge in [-0.25, -0.2) is 0 Å². The molecule has 3 atom stereocenters. The predicted molar refractivity (Wildman–Crippen MR) is 81.1 cm³/mol. The van der Waals surface area contributed by atoms with Crippen LogP contribution in [0.1, 0.15) is 18.5 Å². The highest BCUT2D eigenvalue weighted by atomic mass is 16.5. The van der Waals surface area contributed by atoms with E-state index in [1.165, 1.54) is 0 Å². The zero-order valence-electron chi connectivity index (χ0n) is 13.2. The molecule has 1 saturated carbocycles. The van der Waals surface area contributed by atoms with Gasteiger partial charge < -0.3 is 19.3 Å². The van der Waals surface area contributed by atoms with E-state index < -0.39 is 0 Å². The van der Waals surface area contributed by atoms with Crippen LogP contribution in [-0.4, -0.2) is 61.1 Å². The van der Waals surface area contributed by atoms with Gasteiger partial charge in [0.25, 0.3) is 0 Å². The number of aliphatic hydroxyl groups is 1. The zero-order valence-corrected chi connectivity index (χ0v) is 13.2. The molecule has 2 aliphatic rings. The second-order valence-corrected chi connectivity index (χ2v) is 5.96. The highest BCUT2D eigenvalue weighted by Gasteiger charge is 2.41. The molecule has 3 rings (SSSR count). The van der Waals surface area contributed by atoms with Crippen molar-refractivity contribution in [2.45, 2.75) is 31.5 Å². The molecular weight excluding hydrogens is 284 g/mol. The fourth-order valence-electron chi connectivity index (χ4n) is 3.63. The van der Waals surface area contributed by atoms with Gasteiger partial charge in [0.1, 0.15) is 5.69 Å². The normalized spacial score (nSPS) is 28.4. The van der Waals surface area contributed by atoms with Gasteiger partial charge in [-0.1, -0.05) is 0 Å². The van der Waals surface area contributed by atoms with E-state index in [2.05, 4.69) is 9.88 Å². The Kier molecular flexibility index (Phi) is 4.81. The largest absolute Gasteiger partial charge is 0.493 e. The summed E-state index contributed by atoms with van der Waals surface area (Å²) >= 11 is 0. The van der Waals surface area contributed by atoms with Gasteiger partial charge in [0, 0.05) is 38.0 Å². The summed E-state index contributed by atoms with van der Waals surface area (Å²) in [5, 5.41) is 9.42.